The Kier molecular flexibility index (Phi) is 3.29. The van der Waals surface area contributed by atoms with E-state index in [0.29, 0.717) is 5.56 Å². The zero-order valence-electron chi connectivity index (χ0n) is 12.0. The number of hydrogen-bond donors (Lipinski definition) is 0. The maximum absolute atomic E-state index is 9.40. The zero-order chi connectivity index (χ0) is 14.8. The van der Waals surface area contributed by atoms with Crippen molar-refractivity contribution in [2.24, 2.45) is 0 Å². The molecule has 0 bridgehead atoms. The first kappa shape index (κ1) is 13.1. The first-order valence-electron chi connectivity index (χ1n) is 6.79. The summed E-state index contributed by atoms with van der Waals surface area (Å²) in [5.41, 5.74) is 4.63. The summed E-state index contributed by atoms with van der Waals surface area (Å²) in [7, 11) is 1.98. The van der Waals surface area contributed by atoms with E-state index in [1.807, 2.05) is 36.2 Å². The third-order valence-electron chi connectivity index (χ3n) is 3.62. The van der Waals surface area contributed by atoms with Gasteiger partial charge in [0.2, 0.25) is 0 Å². The summed E-state index contributed by atoms with van der Waals surface area (Å²) in [6.45, 7) is 2.06. The van der Waals surface area contributed by atoms with Gasteiger partial charge in [0.05, 0.1) is 16.8 Å². The average Bonchev–Trinajstić information content (AvgIpc) is 2.53. The van der Waals surface area contributed by atoms with Crippen molar-refractivity contribution in [2.75, 3.05) is 11.9 Å². The molecular formula is C18H15N3. The fourth-order valence-corrected chi connectivity index (χ4v) is 2.47. The van der Waals surface area contributed by atoms with E-state index in [9.17, 15) is 5.26 Å². The van der Waals surface area contributed by atoms with Gasteiger partial charge in [0, 0.05) is 24.3 Å². The molecule has 0 atom stereocenters. The molecule has 1 aromatic heterocycles. The topological polar surface area (TPSA) is 39.9 Å². The molecule has 21 heavy (non-hydrogen) atoms. The number of rotatable bonds is 2. The van der Waals surface area contributed by atoms with Crippen LogP contribution in [0.2, 0.25) is 0 Å². The minimum absolute atomic E-state index is 0.580. The lowest BCUT2D eigenvalue weighted by atomic mass is 10.1. The Hall–Kier alpha value is -2.86. The van der Waals surface area contributed by atoms with Crippen molar-refractivity contribution >= 4 is 22.3 Å². The second kappa shape index (κ2) is 5.26. The number of para-hydroxylation sites is 1. The van der Waals surface area contributed by atoms with Gasteiger partial charge in [0.1, 0.15) is 6.07 Å². The van der Waals surface area contributed by atoms with E-state index in [4.69, 9.17) is 0 Å². The van der Waals surface area contributed by atoms with Crippen LogP contribution in [0.1, 0.15) is 11.1 Å². The maximum Gasteiger partial charge on any atom is 0.103 e. The summed E-state index contributed by atoms with van der Waals surface area (Å²) in [5.74, 6) is 0. The van der Waals surface area contributed by atoms with Crippen LogP contribution in [-0.2, 0) is 0 Å². The Labute approximate surface area is 124 Å². The van der Waals surface area contributed by atoms with E-state index < -0.39 is 0 Å². The molecule has 0 radical (unpaired) electrons. The van der Waals surface area contributed by atoms with Crippen LogP contribution >= 0.6 is 0 Å². The van der Waals surface area contributed by atoms with Crippen molar-refractivity contribution in [3.05, 3.63) is 65.9 Å². The van der Waals surface area contributed by atoms with Gasteiger partial charge < -0.3 is 4.90 Å². The highest BCUT2D eigenvalue weighted by atomic mass is 15.1. The first-order chi connectivity index (χ1) is 10.2. The number of hydrogen-bond acceptors (Lipinski definition) is 3. The van der Waals surface area contributed by atoms with Crippen molar-refractivity contribution in [3.8, 4) is 6.07 Å². The third kappa shape index (κ3) is 2.32. The molecule has 0 fully saturated rings. The number of fused-ring (bicyclic) bond motifs is 1. The van der Waals surface area contributed by atoms with Gasteiger partial charge in [0.25, 0.3) is 0 Å². The number of anilines is 2. The van der Waals surface area contributed by atoms with Crippen LogP contribution < -0.4 is 4.90 Å². The molecule has 3 heteroatoms. The number of nitriles is 1. The number of aromatic nitrogens is 1. The predicted molar refractivity (Wildman–Crippen MR) is 85.7 cm³/mol. The van der Waals surface area contributed by atoms with Gasteiger partial charge in [-0.15, -0.1) is 0 Å². The molecular weight excluding hydrogens is 258 g/mol. The van der Waals surface area contributed by atoms with Gasteiger partial charge in [-0.05, 0) is 25.1 Å². The largest absolute Gasteiger partial charge is 0.343 e. The van der Waals surface area contributed by atoms with Crippen LogP contribution in [0, 0.1) is 18.3 Å². The van der Waals surface area contributed by atoms with E-state index in [2.05, 4.69) is 42.2 Å². The van der Waals surface area contributed by atoms with Crippen molar-refractivity contribution in [2.45, 2.75) is 6.92 Å². The van der Waals surface area contributed by atoms with Crippen LogP contribution in [0.4, 0.5) is 11.4 Å². The Morgan fingerprint density at radius 2 is 1.76 bits per heavy atom. The van der Waals surface area contributed by atoms with Gasteiger partial charge >= 0.3 is 0 Å². The molecule has 3 nitrogen and oxygen atoms in total. The molecule has 3 aromatic rings. The highest BCUT2D eigenvalue weighted by Crippen LogP contribution is 2.33. The summed E-state index contributed by atoms with van der Waals surface area (Å²) < 4.78 is 0. The lowest BCUT2D eigenvalue weighted by Crippen LogP contribution is -2.12. The highest BCUT2D eigenvalue weighted by Gasteiger charge is 2.14. The SMILES string of the molecule is Cc1ccc(N(C)c2c(C#N)cnc3ccccc23)cc1. The number of aryl methyl sites for hydroxylation is 1. The van der Waals surface area contributed by atoms with E-state index in [0.717, 1.165) is 22.3 Å². The van der Waals surface area contributed by atoms with Gasteiger partial charge in [-0.1, -0.05) is 35.9 Å². The molecule has 3 rings (SSSR count). The first-order valence-corrected chi connectivity index (χ1v) is 6.79. The van der Waals surface area contributed by atoms with Gasteiger partial charge in [-0.3, -0.25) is 4.98 Å². The van der Waals surface area contributed by atoms with Crippen LogP contribution in [-0.4, -0.2) is 12.0 Å². The predicted octanol–water partition coefficient (Wildman–Crippen LogP) is 4.18. The quantitative estimate of drug-likeness (QED) is 0.703. The summed E-state index contributed by atoms with van der Waals surface area (Å²) in [4.78, 5) is 6.40. The lowest BCUT2D eigenvalue weighted by molar-refractivity contribution is 1.19. The van der Waals surface area contributed by atoms with E-state index in [1.54, 1.807) is 6.20 Å². The average molecular weight is 273 g/mol. The molecule has 0 aliphatic carbocycles. The smallest absolute Gasteiger partial charge is 0.103 e. The van der Waals surface area contributed by atoms with E-state index >= 15 is 0 Å². The van der Waals surface area contributed by atoms with Crippen LogP contribution in [0.3, 0.4) is 0 Å². The molecule has 0 saturated heterocycles. The second-order valence-corrected chi connectivity index (χ2v) is 5.04. The molecule has 0 N–H and O–H groups in total. The summed E-state index contributed by atoms with van der Waals surface area (Å²) in [5, 5.41) is 10.4. The second-order valence-electron chi connectivity index (χ2n) is 5.04. The normalized spacial score (nSPS) is 10.3. The molecule has 0 spiro atoms. The van der Waals surface area contributed by atoms with E-state index in [1.165, 1.54) is 5.56 Å². The summed E-state index contributed by atoms with van der Waals surface area (Å²) in [6.07, 6.45) is 1.64. The van der Waals surface area contributed by atoms with Crippen molar-refractivity contribution in [3.63, 3.8) is 0 Å². The fourth-order valence-electron chi connectivity index (χ4n) is 2.47. The Morgan fingerprint density at radius 3 is 2.48 bits per heavy atom. The Balaban J connectivity index is 2.23. The Morgan fingerprint density at radius 1 is 1.05 bits per heavy atom. The molecule has 0 saturated carbocycles. The number of benzene rings is 2. The lowest BCUT2D eigenvalue weighted by Gasteiger charge is -2.22. The minimum atomic E-state index is 0.580. The number of pyridine rings is 1. The monoisotopic (exact) mass is 273 g/mol. The van der Waals surface area contributed by atoms with Gasteiger partial charge in [-0.25, -0.2) is 0 Å². The van der Waals surface area contributed by atoms with Crippen molar-refractivity contribution < 1.29 is 0 Å². The molecule has 102 valence electrons. The molecule has 0 unspecified atom stereocenters. The molecule has 1 heterocycles. The third-order valence-corrected chi connectivity index (χ3v) is 3.62. The fraction of sp³-hybridized carbons (Fsp3) is 0.111. The summed E-state index contributed by atoms with van der Waals surface area (Å²) in [6, 6.07) is 18.4. The van der Waals surface area contributed by atoms with Gasteiger partial charge in [0.15, 0.2) is 0 Å². The highest BCUT2D eigenvalue weighted by molar-refractivity contribution is 5.96. The maximum atomic E-state index is 9.40. The van der Waals surface area contributed by atoms with Crippen molar-refractivity contribution in [1.29, 1.82) is 5.26 Å². The van der Waals surface area contributed by atoms with E-state index in [-0.39, 0.29) is 0 Å². The molecule has 0 amide bonds. The zero-order valence-corrected chi connectivity index (χ0v) is 12.0. The van der Waals surface area contributed by atoms with Crippen LogP contribution in [0.15, 0.2) is 54.7 Å². The van der Waals surface area contributed by atoms with Crippen LogP contribution in [0.5, 0.6) is 0 Å². The Bertz CT molecular complexity index is 829. The van der Waals surface area contributed by atoms with Crippen LogP contribution in [0.25, 0.3) is 10.9 Å². The molecule has 0 aliphatic heterocycles. The summed E-state index contributed by atoms with van der Waals surface area (Å²) >= 11 is 0. The standard InChI is InChI=1S/C18H15N3/c1-13-7-9-15(10-8-13)21(2)18-14(11-19)12-20-17-6-4-3-5-16(17)18/h3-10,12H,1-2H3. The molecule has 2 aromatic carbocycles. The molecule has 0 aliphatic rings. The van der Waals surface area contributed by atoms with Crippen molar-refractivity contribution in [1.82, 2.24) is 4.98 Å². The minimum Gasteiger partial charge on any atom is -0.343 e. The van der Waals surface area contributed by atoms with Gasteiger partial charge in [-0.2, -0.15) is 5.26 Å². The number of nitrogens with zero attached hydrogens (tertiary/aromatic N) is 3.